The Morgan fingerprint density at radius 3 is 2.58 bits per heavy atom. The van der Waals surface area contributed by atoms with E-state index in [1.807, 2.05) is 67.5 Å². The average molecular weight is 323 g/mol. The zero-order chi connectivity index (χ0) is 17.1. The molecule has 5 nitrogen and oxygen atoms in total. The summed E-state index contributed by atoms with van der Waals surface area (Å²) in [4.78, 5) is 26.4. The van der Waals surface area contributed by atoms with E-state index in [-0.39, 0.29) is 18.2 Å². The van der Waals surface area contributed by atoms with Gasteiger partial charge in [0.1, 0.15) is 0 Å². The van der Waals surface area contributed by atoms with Crippen LogP contribution in [0.25, 0.3) is 0 Å². The van der Waals surface area contributed by atoms with Crippen molar-refractivity contribution in [3.05, 3.63) is 59.7 Å². The maximum absolute atomic E-state index is 12.6. The Bertz CT molecular complexity index is 753. The molecule has 0 radical (unpaired) electrons. The van der Waals surface area contributed by atoms with Crippen LogP contribution in [0.4, 0.5) is 11.4 Å². The van der Waals surface area contributed by atoms with Gasteiger partial charge >= 0.3 is 0 Å². The summed E-state index contributed by atoms with van der Waals surface area (Å²) in [5, 5.41) is 5.76. The van der Waals surface area contributed by atoms with Crippen molar-refractivity contribution in [2.24, 2.45) is 0 Å². The molecule has 24 heavy (non-hydrogen) atoms. The van der Waals surface area contributed by atoms with Gasteiger partial charge in [0, 0.05) is 38.4 Å². The summed E-state index contributed by atoms with van der Waals surface area (Å²) in [6.07, 6.45) is 0.183. The van der Waals surface area contributed by atoms with Crippen molar-refractivity contribution in [1.29, 1.82) is 0 Å². The molecule has 0 bridgehead atoms. The van der Waals surface area contributed by atoms with E-state index in [2.05, 4.69) is 10.6 Å². The molecule has 1 atom stereocenters. The second kappa shape index (κ2) is 6.74. The molecule has 3 rings (SSSR count). The average Bonchev–Trinajstić information content (AvgIpc) is 2.59. The third-order valence-corrected chi connectivity index (χ3v) is 4.24. The zero-order valence-electron chi connectivity index (χ0n) is 13.9. The molecule has 0 saturated carbocycles. The number of fused-ring (bicyclic) bond motifs is 1. The maximum atomic E-state index is 12.6. The van der Waals surface area contributed by atoms with Crippen molar-refractivity contribution in [2.45, 2.75) is 18.9 Å². The molecule has 1 aliphatic heterocycles. The summed E-state index contributed by atoms with van der Waals surface area (Å²) in [6.45, 7) is 0.451. The molecule has 0 unspecified atom stereocenters. The molecule has 0 aromatic heterocycles. The van der Waals surface area contributed by atoms with Crippen LogP contribution in [0.2, 0.25) is 0 Å². The van der Waals surface area contributed by atoms with Gasteiger partial charge in [-0.15, -0.1) is 0 Å². The van der Waals surface area contributed by atoms with Gasteiger partial charge in [0.25, 0.3) is 0 Å². The highest BCUT2D eigenvalue weighted by Gasteiger charge is 2.30. The van der Waals surface area contributed by atoms with Gasteiger partial charge in [-0.2, -0.15) is 0 Å². The van der Waals surface area contributed by atoms with E-state index in [0.29, 0.717) is 6.54 Å². The van der Waals surface area contributed by atoms with Gasteiger partial charge < -0.3 is 15.5 Å². The van der Waals surface area contributed by atoms with E-state index in [4.69, 9.17) is 0 Å². The lowest BCUT2D eigenvalue weighted by Crippen LogP contribution is -2.34. The highest BCUT2D eigenvalue weighted by molar-refractivity contribution is 6.01. The van der Waals surface area contributed by atoms with E-state index < -0.39 is 5.92 Å². The summed E-state index contributed by atoms with van der Waals surface area (Å²) in [7, 11) is 3.98. The van der Waals surface area contributed by atoms with Gasteiger partial charge in [0.15, 0.2) is 0 Å². The first kappa shape index (κ1) is 16.1. The molecule has 0 fully saturated rings. The Hall–Kier alpha value is -2.82. The lowest BCUT2D eigenvalue weighted by Gasteiger charge is -2.24. The van der Waals surface area contributed by atoms with Crippen molar-refractivity contribution < 1.29 is 9.59 Å². The van der Waals surface area contributed by atoms with E-state index in [1.54, 1.807) is 0 Å². The van der Waals surface area contributed by atoms with E-state index >= 15 is 0 Å². The first-order chi connectivity index (χ1) is 11.5. The largest absolute Gasteiger partial charge is 0.378 e. The van der Waals surface area contributed by atoms with Crippen molar-refractivity contribution >= 4 is 23.2 Å². The van der Waals surface area contributed by atoms with Crippen molar-refractivity contribution in [2.75, 3.05) is 24.3 Å². The number of rotatable bonds is 4. The van der Waals surface area contributed by atoms with Crippen LogP contribution in [-0.2, 0) is 16.1 Å². The first-order valence-electron chi connectivity index (χ1n) is 7.97. The monoisotopic (exact) mass is 323 g/mol. The summed E-state index contributed by atoms with van der Waals surface area (Å²) in [5.41, 5.74) is 3.74. The van der Waals surface area contributed by atoms with Crippen LogP contribution in [0.3, 0.4) is 0 Å². The van der Waals surface area contributed by atoms with E-state index in [0.717, 1.165) is 22.5 Å². The molecule has 0 aliphatic carbocycles. The predicted molar refractivity (Wildman–Crippen MR) is 95.0 cm³/mol. The first-order valence-corrected chi connectivity index (χ1v) is 7.97. The normalized spacial score (nSPS) is 16.1. The Kier molecular flexibility index (Phi) is 4.51. The minimum Gasteiger partial charge on any atom is -0.378 e. The highest BCUT2D eigenvalue weighted by Crippen LogP contribution is 2.32. The van der Waals surface area contributed by atoms with Crippen LogP contribution in [-0.4, -0.2) is 25.9 Å². The molecule has 2 aromatic rings. The molecule has 1 aliphatic rings. The number of hydrogen-bond acceptors (Lipinski definition) is 3. The van der Waals surface area contributed by atoms with E-state index in [9.17, 15) is 9.59 Å². The number of anilines is 2. The van der Waals surface area contributed by atoms with Crippen LogP contribution in [0, 0.1) is 0 Å². The number of carbonyl (C=O) groups is 2. The minimum absolute atomic E-state index is 0.117. The SMILES string of the molecule is CN(C)c1ccc(CNC(=O)[C@@H]2CC(=O)Nc3ccccc32)cc1. The highest BCUT2D eigenvalue weighted by atomic mass is 16.2. The quantitative estimate of drug-likeness (QED) is 0.909. The molecule has 2 aromatic carbocycles. The number of nitrogens with one attached hydrogen (secondary N) is 2. The third kappa shape index (κ3) is 3.40. The predicted octanol–water partition coefficient (Wildman–Crippen LogP) is 2.49. The van der Waals surface area contributed by atoms with Crippen LogP contribution in [0.1, 0.15) is 23.5 Å². The summed E-state index contributed by atoms with van der Waals surface area (Å²) >= 11 is 0. The molecule has 124 valence electrons. The van der Waals surface area contributed by atoms with Crippen molar-refractivity contribution in [3.63, 3.8) is 0 Å². The van der Waals surface area contributed by atoms with Gasteiger partial charge in [0.05, 0.1) is 5.92 Å². The van der Waals surface area contributed by atoms with E-state index in [1.165, 1.54) is 0 Å². The fourth-order valence-electron chi connectivity index (χ4n) is 2.87. The lowest BCUT2D eigenvalue weighted by atomic mass is 9.90. The molecule has 5 heteroatoms. The number of para-hydroxylation sites is 1. The van der Waals surface area contributed by atoms with Gasteiger partial charge in [0.2, 0.25) is 11.8 Å². The van der Waals surface area contributed by atoms with Crippen LogP contribution in [0.5, 0.6) is 0 Å². The molecule has 2 N–H and O–H groups in total. The zero-order valence-corrected chi connectivity index (χ0v) is 13.9. The Labute approximate surface area is 141 Å². The summed E-state index contributed by atoms with van der Waals surface area (Å²) in [5.74, 6) is -0.672. The molecule has 1 heterocycles. The van der Waals surface area contributed by atoms with Gasteiger partial charge in [-0.3, -0.25) is 9.59 Å². The van der Waals surface area contributed by atoms with Crippen LogP contribution >= 0.6 is 0 Å². The minimum atomic E-state index is -0.434. The number of amides is 2. The Morgan fingerprint density at radius 2 is 1.88 bits per heavy atom. The number of nitrogens with zero attached hydrogens (tertiary/aromatic N) is 1. The van der Waals surface area contributed by atoms with Gasteiger partial charge in [-0.25, -0.2) is 0 Å². The second-order valence-electron chi connectivity index (χ2n) is 6.17. The third-order valence-electron chi connectivity index (χ3n) is 4.24. The van der Waals surface area contributed by atoms with Crippen molar-refractivity contribution in [1.82, 2.24) is 5.32 Å². The van der Waals surface area contributed by atoms with Gasteiger partial charge in [-0.1, -0.05) is 30.3 Å². The number of benzene rings is 2. The van der Waals surface area contributed by atoms with Gasteiger partial charge in [-0.05, 0) is 29.3 Å². The number of hydrogen-bond donors (Lipinski definition) is 2. The Balaban J connectivity index is 1.68. The van der Waals surface area contributed by atoms with Crippen LogP contribution in [0.15, 0.2) is 48.5 Å². The maximum Gasteiger partial charge on any atom is 0.228 e. The topological polar surface area (TPSA) is 61.4 Å². The number of carbonyl (C=O) groups excluding carboxylic acids is 2. The fraction of sp³-hybridized carbons (Fsp3) is 0.263. The summed E-state index contributed by atoms with van der Waals surface area (Å²) in [6, 6.07) is 15.5. The second-order valence-corrected chi connectivity index (χ2v) is 6.17. The van der Waals surface area contributed by atoms with Crippen molar-refractivity contribution in [3.8, 4) is 0 Å². The fourth-order valence-corrected chi connectivity index (χ4v) is 2.87. The standard InChI is InChI=1S/C19H21N3O2/c1-22(2)14-9-7-13(8-10-14)12-20-19(24)16-11-18(23)21-17-6-4-3-5-15(16)17/h3-10,16H,11-12H2,1-2H3,(H,20,24)(H,21,23)/t16-/m1/s1. The summed E-state index contributed by atoms with van der Waals surface area (Å²) < 4.78 is 0. The smallest absolute Gasteiger partial charge is 0.228 e. The molecular formula is C19H21N3O2. The Morgan fingerprint density at radius 1 is 1.17 bits per heavy atom. The molecule has 0 spiro atoms. The molecular weight excluding hydrogens is 302 g/mol. The lowest BCUT2D eigenvalue weighted by molar-refractivity contribution is -0.126. The molecule has 0 saturated heterocycles. The van der Waals surface area contributed by atoms with Crippen LogP contribution < -0.4 is 15.5 Å². The molecule has 2 amide bonds.